The van der Waals surface area contributed by atoms with E-state index >= 15 is 0 Å². The van der Waals surface area contributed by atoms with Gasteiger partial charge in [-0.05, 0) is 30.9 Å². The molecule has 0 unspecified atom stereocenters. The molecule has 0 spiro atoms. The number of nitro groups is 1. The number of carbonyl (C=O) groups is 1. The van der Waals surface area contributed by atoms with E-state index in [2.05, 4.69) is 0 Å². The summed E-state index contributed by atoms with van der Waals surface area (Å²) in [5, 5.41) is 16.5. The highest BCUT2D eigenvalue weighted by Gasteiger charge is 2.28. The number of piperazine rings is 1. The number of hydrogen-bond acceptors (Lipinski definition) is 6. The molecule has 0 bridgehead atoms. The van der Waals surface area contributed by atoms with Crippen molar-refractivity contribution in [2.45, 2.75) is 43.4 Å². The molecule has 0 aromatic heterocycles. The van der Waals surface area contributed by atoms with Crippen molar-refractivity contribution in [2.75, 3.05) is 31.1 Å². The minimum absolute atomic E-state index is 0.158. The molecule has 1 aromatic carbocycles. The Morgan fingerprint density at radius 2 is 1.79 bits per heavy atom. The lowest BCUT2D eigenvalue weighted by atomic mass is 9.86. The summed E-state index contributed by atoms with van der Waals surface area (Å²) in [5.74, 6) is 0.636. The summed E-state index contributed by atoms with van der Waals surface area (Å²) in [5.41, 5.74) is 0.0466. The molecule has 0 atom stereocenters. The number of primary sulfonamides is 1. The van der Waals surface area contributed by atoms with Gasteiger partial charge in [0.2, 0.25) is 15.9 Å². The molecule has 1 aromatic rings. The first-order chi connectivity index (χ1) is 13.3. The van der Waals surface area contributed by atoms with Crippen LogP contribution in [0.2, 0.25) is 0 Å². The summed E-state index contributed by atoms with van der Waals surface area (Å²) in [4.78, 5) is 26.7. The zero-order valence-electron chi connectivity index (χ0n) is 15.7. The van der Waals surface area contributed by atoms with Crippen LogP contribution in [0.3, 0.4) is 0 Å². The van der Waals surface area contributed by atoms with Crippen molar-refractivity contribution in [2.24, 2.45) is 11.1 Å². The van der Waals surface area contributed by atoms with Gasteiger partial charge in [0, 0.05) is 38.7 Å². The van der Waals surface area contributed by atoms with Crippen molar-refractivity contribution < 1.29 is 18.1 Å². The van der Waals surface area contributed by atoms with Crippen LogP contribution in [0.15, 0.2) is 23.1 Å². The van der Waals surface area contributed by atoms with E-state index < -0.39 is 14.9 Å². The minimum atomic E-state index is -4.02. The minimum Gasteiger partial charge on any atom is -0.362 e. The Morgan fingerprint density at radius 3 is 2.36 bits per heavy atom. The Morgan fingerprint density at radius 1 is 1.14 bits per heavy atom. The van der Waals surface area contributed by atoms with E-state index in [1.807, 2.05) is 9.80 Å². The second kappa shape index (κ2) is 8.44. The monoisotopic (exact) mass is 410 g/mol. The first-order valence-corrected chi connectivity index (χ1v) is 11.1. The van der Waals surface area contributed by atoms with Gasteiger partial charge in [0.25, 0.3) is 5.69 Å². The smallest absolute Gasteiger partial charge is 0.293 e. The summed E-state index contributed by atoms with van der Waals surface area (Å²) in [6.45, 7) is 1.93. The Kier molecular flexibility index (Phi) is 6.19. The lowest BCUT2D eigenvalue weighted by Crippen LogP contribution is -2.49. The van der Waals surface area contributed by atoms with E-state index in [4.69, 9.17) is 5.14 Å². The molecule has 1 heterocycles. The molecule has 154 valence electrons. The molecule has 9 nitrogen and oxygen atoms in total. The highest BCUT2D eigenvalue weighted by atomic mass is 32.2. The highest BCUT2D eigenvalue weighted by Crippen LogP contribution is 2.32. The van der Waals surface area contributed by atoms with E-state index in [-0.39, 0.29) is 16.5 Å². The van der Waals surface area contributed by atoms with Crippen LogP contribution in [0.1, 0.15) is 38.5 Å². The Balaban J connectivity index is 1.65. The number of amides is 1. The van der Waals surface area contributed by atoms with Crippen LogP contribution in [0, 0.1) is 16.0 Å². The average Bonchev–Trinajstić information content (AvgIpc) is 2.67. The van der Waals surface area contributed by atoms with Crippen LogP contribution < -0.4 is 10.0 Å². The quantitative estimate of drug-likeness (QED) is 0.583. The van der Waals surface area contributed by atoms with Gasteiger partial charge in [0.15, 0.2) is 0 Å². The number of nitrogens with two attached hydrogens (primary N) is 1. The Labute approximate surface area is 164 Å². The number of nitrogens with zero attached hydrogens (tertiary/aromatic N) is 3. The lowest BCUT2D eigenvalue weighted by Gasteiger charge is -2.36. The third-order valence-corrected chi connectivity index (χ3v) is 6.54. The molecule has 1 amide bonds. The van der Waals surface area contributed by atoms with E-state index in [0.29, 0.717) is 44.2 Å². The predicted octanol–water partition coefficient (Wildman–Crippen LogP) is 1.86. The fraction of sp³-hybridized carbons (Fsp3) is 0.611. The zero-order chi connectivity index (χ0) is 20.3. The van der Waals surface area contributed by atoms with Gasteiger partial charge in [-0.2, -0.15) is 0 Å². The third-order valence-electron chi connectivity index (χ3n) is 5.63. The SMILES string of the molecule is NS(=O)(=O)c1ccc(N2CCN(C(=O)CC3CCCCC3)CC2)c([N+](=O)[O-])c1. The molecule has 3 rings (SSSR count). The van der Waals surface area contributed by atoms with Gasteiger partial charge in [-0.1, -0.05) is 19.3 Å². The maximum atomic E-state index is 12.6. The second-order valence-corrected chi connectivity index (χ2v) is 9.09. The summed E-state index contributed by atoms with van der Waals surface area (Å²) < 4.78 is 22.9. The van der Waals surface area contributed by atoms with Gasteiger partial charge in [0.1, 0.15) is 5.69 Å². The molecule has 28 heavy (non-hydrogen) atoms. The first kappa shape index (κ1) is 20.5. The van der Waals surface area contributed by atoms with Crippen LogP contribution in [0.4, 0.5) is 11.4 Å². The molecule has 1 saturated carbocycles. The van der Waals surface area contributed by atoms with Gasteiger partial charge in [-0.3, -0.25) is 14.9 Å². The molecule has 2 aliphatic rings. The van der Waals surface area contributed by atoms with Gasteiger partial charge in [-0.25, -0.2) is 13.6 Å². The number of hydrogen-bond donors (Lipinski definition) is 1. The van der Waals surface area contributed by atoms with Crippen LogP contribution in [0.25, 0.3) is 0 Å². The zero-order valence-corrected chi connectivity index (χ0v) is 16.6. The molecule has 1 aliphatic heterocycles. The van der Waals surface area contributed by atoms with Gasteiger partial charge in [-0.15, -0.1) is 0 Å². The van der Waals surface area contributed by atoms with Crippen LogP contribution in [-0.4, -0.2) is 50.3 Å². The molecule has 0 radical (unpaired) electrons. The van der Waals surface area contributed by atoms with Crippen LogP contribution >= 0.6 is 0 Å². The standard InChI is InChI=1S/C18H26N4O5S/c19-28(26,27)15-6-7-16(17(13-15)22(24)25)20-8-10-21(11-9-20)18(23)12-14-4-2-1-3-5-14/h6-7,13-14H,1-5,8-12H2,(H2,19,26,27). The highest BCUT2D eigenvalue weighted by molar-refractivity contribution is 7.89. The maximum Gasteiger partial charge on any atom is 0.293 e. The van der Waals surface area contributed by atoms with E-state index in [1.165, 1.54) is 31.4 Å². The molecule has 1 aliphatic carbocycles. The molecular weight excluding hydrogens is 384 g/mol. The number of carbonyl (C=O) groups excluding carboxylic acids is 1. The van der Waals surface area contributed by atoms with Crippen LogP contribution in [0.5, 0.6) is 0 Å². The summed E-state index contributed by atoms with van der Waals surface area (Å²) in [6, 6.07) is 3.68. The van der Waals surface area contributed by atoms with Crippen molar-refractivity contribution in [3.63, 3.8) is 0 Å². The molecule has 10 heteroatoms. The van der Waals surface area contributed by atoms with Crippen molar-refractivity contribution in [3.05, 3.63) is 28.3 Å². The molecule has 1 saturated heterocycles. The van der Waals surface area contributed by atoms with Crippen molar-refractivity contribution in [3.8, 4) is 0 Å². The maximum absolute atomic E-state index is 12.6. The van der Waals surface area contributed by atoms with Crippen molar-refractivity contribution in [1.29, 1.82) is 0 Å². The second-order valence-electron chi connectivity index (χ2n) is 7.53. The number of rotatable bonds is 5. The topological polar surface area (TPSA) is 127 Å². The summed E-state index contributed by atoms with van der Waals surface area (Å²) in [6.07, 6.45) is 6.48. The number of benzene rings is 1. The Bertz CT molecular complexity index is 844. The first-order valence-electron chi connectivity index (χ1n) is 9.59. The fourth-order valence-electron chi connectivity index (χ4n) is 4.06. The number of sulfonamides is 1. The number of anilines is 1. The van der Waals surface area contributed by atoms with Crippen LogP contribution in [-0.2, 0) is 14.8 Å². The normalized spacial score (nSPS) is 18.9. The fourth-order valence-corrected chi connectivity index (χ4v) is 4.59. The van der Waals surface area contributed by atoms with E-state index in [9.17, 15) is 23.3 Å². The summed E-state index contributed by atoms with van der Waals surface area (Å²) in [7, 11) is -4.02. The van der Waals surface area contributed by atoms with E-state index in [0.717, 1.165) is 18.9 Å². The van der Waals surface area contributed by atoms with Crippen molar-refractivity contribution in [1.82, 2.24) is 4.90 Å². The third kappa shape index (κ3) is 4.79. The predicted molar refractivity (Wildman–Crippen MR) is 104 cm³/mol. The van der Waals surface area contributed by atoms with Gasteiger partial charge in [0.05, 0.1) is 9.82 Å². The lowest BCUT2D eigenvalue weighted by molar-refractivity contribution is -0.384. The largest absolute Gasteiger partial charge is 0.362 e. The van der Waals surface area contributed by atoms with Gasteiger partial charge < -0.3 is 9.80 Å². The Hall–Kier alpha value is -2.20. The molecule has 2 N–H and O–H groups in total. The molecule has 2 fully saturated rings. The van der Waals surface area contributed by atoms with Gasteiger partial charge >= 0.3 is 0 Å². The number of nitro benzene ring substituents is 1. The van der Waals surface area contributed by atoms with Crippen molar-refractivity contribution >= 4 is 27.3 Å². The summed E-state index contributed by atoms with van der Waals surface area (Å²) >= 11 is 0. The van der Waals surface area contributed by atoms with E-state index in [1.54, 1.807) is 0 Å². The molecular formula is C18H26N4O5S. The average molecular weight is 410 g/mol.